The van der Waals surface area contributed by atoms with Gasteiger partial charge in [0.25, 0.3) is 0 Å². The van der Waals surface area contributed by atoms with Gasteiger partial charge in [0.15, 0.2) is 12.4 Å². The van der Waals surface area contributed by atoms with Crippen LogP contribution in [0, 0.1) is 5.82 Å². The van der Waals surface area contributed by atoms with Gasteiger partial charge in [-0.25, -0.2) is 9.18 Å². The predicted molar refractivity (Wildman–Crippen MR) is 135 cm³/mol. The molecule has 0 radical (unpaired) electrons. The molecular formula is C26H22FNO5S2. The molecule has 0 saturated carbocycles. The van der Waals surface area contributed by atoms with Crippen LogP contribution in [-0.4, -0.2) is 46.6 Å². The molecule has 3 aromatic rings. The quantitative estimate of drug-likeness (QED) is 0.231. The first-order valence-electron chi connectivity index (χ1n) is 10.7. The SMILES string of the molecule is CSc1ccc(C(=O)CS[C@H]2C(=O)N(c3ccc(F)cc3)[C@@H]2c2ccc(OCC(=O)O)cc2)cc1. The second kappa shape index (κ2) is 11.0. The summed E-state index contributed by atoms with van der Waals surface area (Å²) >= 11 is 2.87. The summed E-state index contributed by atoms with van der Waals surface area (Å²) < 4.78 is 18.7. The number of rotatable bonds is 10. The number of carboxylic acids is 1. The van der Waals surface area contributed by atoms with Crippen LogP contribution in [0.15, 0.2) is 77.7 Å². The van der Waals surface area contributed by atoms with Crippen LogP contribution in [0.4, 0.5) is 10.1 Å². The number of amides is 1. The molecule has 1 heterocycles. The number of nitrogens with zero attached hydrogens (tertiary/aromatic N) is 1. The molecule has 1 N–H and O–H groups in total. The van der Waals surface area contributed by atoms with Gasteiger partial charge in [-0.15, -0.1) is 23.5 Å². The lowest BCUT2D eigenvalue weighted by molar-refractivity contribution is -0.139. The molecule has 1 fully saturated rings. The summed E-state index contributed by atoms with van der Waals surface area (Å²) in [4.78, 5) is 39.2. The number of β-lactam (4-membered cyclic amide) rings is 1. The molecule has 1 aliphatic heterocycles. The standard InChI is InChI=1S/C26H22FNO5S2/c1-34-21-12-4-16(5-13-21)22(29)15-35-25-24(17-2-10-20(11-3-17)33-14-23(30)31)28(26(25)32)19-8-6-18(27)7-9-19/h2-13,24-25H,14-15H2,1H3,(H,30,31)/t24-,25-/m1/s1. The second-order valence-electron chi connectivity index (χ2n) is 7.76. The summed E-state index contributed by atoms with van der Waals surface area (Å²) in [5, 5.41) is 8.29. The van der Waals surface area contributed by atoms with Crippen LogP contribution in [0.3, 0.4) is 0 Å². The van der Waals surface area contributed by atoms with Crippen molar-refractivity contribution in [3.63, 3.8) is 0 Å². The third kappa shape index (κ3) is 5.68. The molecule has 35 heavy (non-hydrogen) atoms. The molecule has 9 heteroatoms. The Morgan fingerprint density at radius 1 is 1.00 bits per heavy atom. The van der Waals surface area contributed by atoms with Crippen molar-refractivity contribution < 1.29 is 28.6 Å². The highest BCUT2D eigenvalue weighted by atomic mass is 32.2. The molecule has 180 valence electrons. The van der Waals surface area contributed by atoms with E-state index in [1.807, 2.05) is 18.4 Å². The van der Waals surface area contributed by atoms with Gasteiger partial charge in [0, 0.05) is 16.1 Å². The number of thioether (sulfide) groups is 2. The van der Waals surface area contributed by atoms with Gasteiger partial charge < -0.3 is 14.7 Å². The number of carbonyl (C=O) groups excluding carboxylic acids is 2. The highest BCUT2D eigenvalue weighted by Crippen LogP contribution is 2.45. The third-order valence-corrected chi connectivity index (χ3v) is 7.53. The van der Waals surface area contributed by atoms with Crippen molar-refractivity contribution in [2.45, 2.75) is 16.2 Å². The molecule has 0 aliphatic carbocycles. The minimum atomic E-state index is -1.08. The summed E-state index contributed by atoms with van der Waals surface area (Å²) in [6.45, 7) is -0.457. The van der Waals surface area contributed by atoms with Crippen molar-refractivity contribution in [2.75, 3.05) is 23.5 Å². The average Bonchev–Trinajstić information content (AvgIpc) is 2.87. The van der Waals surface area contributed by atoms with E-state index in [0.29, 0.717) is 17.0 Å². The number of carboxylic acid groups (broad SMARTS) is 1. The maximum atomic E-state index is 13.5. The molecule has 1 saturated heterocycles. The van der Waals surface area contributed by atoms with E-state index in [1.165, 1.54) is 23.9 Å². The molecule has 0 unspecified atom stereocenters. The molecular weight excluding hydrogens is 489 g/mol. The van der Waals surface area contributed by atoms with Crippen LogP contribution >= 0.6 is 23.5 Å². The van der Waals surface area contributed by atoms with Crippen LogP contribution in [0.1, 0.15) is 22.0 Å². The monoisotopic (exact) mass is 511 g/mol. The first-order valence-corrected chi connectivity index (χ1v) is 13.0. The lowest BCUT2D eigenvalue weighted by Gasteiger charge is -2.47. The number of benzene rings is 3. The Hall–Kier alpha value is -3.30. The maximum absolute atomic E-state index is 13.5. The van der Waals surface area contributed by atoms with Crippen molar-refractivity contribution >= 4 is 46.9 Å². The molecule has 0 bridgehead atoms. The fourth-order valence-corrected chi connectivity index (χ4v) is 5.39. The minimum absolute atomic E-state index is 0.0631. The van der Waals surface area contributed by atoms with E-state index in [2.05, 4.69) is 0 Å². The van der Waals surface area contributed by atoms with Crippen LogP contribution in [-0.2, 0) is 9.59 Å². The van der Waals surface area contributed by atoms with Gasteiger partial charge in [-0.2, -0.15) is 0 Å². The van der Waals surface area contributed by atoms with Gasteiger partial charge in [-0.05, 0) is 60.4 Å². The zero-order chi connectivity index (χ0) is 24.9. The summed E-state index contributed by atoms with van der Waals surface area (Å²) in [6, 6.07) is 19.5. The lowest BCUT2D eigenvalue weighted by Crippen LogP contribution is -2.57. The summed E-state index contributed by atoms with van der Waals surface area (Å²) in [7, 11) is 0. The number of anilines is 1. The second-order valence-corrected chi connectivity index (χ2v) is 9.77. The molecule has 0 aromatic heterocycles. The van der Waals surface area contributed by atoms with Gasteiger partial charge in [-0.1, -0.05) is 24.3 Å². The lowest BCUT2D eigenvalue weighted by atomic mass is 9.92. The summed E-state index contributed by atoms with van der Waals surface area (Å²) in [5.41, 5.74) is 1.95. The molecule has 4 rings (SSSR count). The number of hydrogen-bond acceptors (Lipinski definition) is 6. The predicted octanol–water partition coefficient (Wildman–Crippen LogP) is 5.08. The minimum Gasteiger partial charge on any atom is -0.482 e. The van der Waals surface area contributed by atoms with E-state index < -0.39 is 23.6 Å². The Balaban J connectivity index is 1.53. The van der Waals surface area contributed by atoms with Gasteiger partial charge in [-0.3, -0.25) is 9.59 Å². The van der Waals surface area contributed by atoms with E-state index in [1.54, 1.807) is 65.2 Å². The zero-order valence-electron chi connectivity index (χ0n) is 18.7. The van der Waals surface area contributed by atoms with Gasteiger partial charge in [0.1, 0.15) is 16.8 Å². The third-order valence-electron chi connectivity index (χ3n) is 5.54. The Bertz CT molecular complexity index is 1220. The van der Waals surface area contributed by atoms with Crippen LogP contribution < -0.4 is 9.64 Å². The topological polar surface area (TPSA) is 83.9 Å². The molecule has 0 spiro atoms. The smallest absolute Gasteiger partial charge is 0.341 e. The van der Waals surface area contributed by atoms with E-state index in [0.717, 1.165) is 10.5 Å². The van der Waals surface area contributed by atoms with Crippen LogP contribution in [0.25, 0.3) is 0 Å². The number of hydrogen-bond donors (Lipinski definition) is 1. The largest absolute Gasteiger partial charge is 0.482 e. The van der Waals surface area contributed by atoms with Crippen LogP contribution in [0.2, 0.25) is 0 Å². The molecule has 1 amide bonds. The number of ether oxygens (including phenoxy) is 1. The number of aliphatic carboxylic acids is 1. The molecule has 6 nitrogen and oxygen atoms in total. The molecule has 3 aromatic carbocycles. The van der Waals surface area contributed by atoms with Crippen molar-refractivity contribution in [3.05, 3.63) is 89.7 Å². The Kier molecular flexibility index (Phi) is 7.77. The van der Waals surface area contributed by atoms with Gasteiger partial charge in [0.05, 0.1) is 11.8 Å². The first-order chi connectivity index (χ1) is 16.9. The fraction of sp³-hybridized carbons (Fsp3) is 0.192. The van der Waals surface area contributed by atoms with E-state index >= 15 is 0 Å². The van der Waals surface area contributed by atoms with Crippen molar-refractivity contribution in [1.29, 1.82) is 0 Å². The van der Waals surface area contributed by atoms with Crippen molar-refractivity contribution in [1.82, 2.24) is 0 Å². The average molecular weight is 512 g/mol. The van der Waals surface area contributed by atoms with Crippen molar-refractivity contribution in [2.24, 2.45) is 0 Å². The summed E-state index contributed by atoms with van der Waals surface area (Å²) in [5.74, 6) is -1.17. The maximum Gasteiger partial charge on any atom is 0.341 e. The Morgan fingerprint density at radius 3 is 2.26 bits per heavy atom. The van der Waals surface area contributed by atoms with E-state index in [4.69, 9.17) is 9.84 Å². The van der Waals surface area contributed by atoms with E-state index in [-0.39, 0.29) is 23.5 Å². The molecule has 2 atom stereocenters. The highest BCUT2D eigenvalue weighted by Gasteiger charge is 2.49. The normalized spacial score (nSPS) is 17.1. The van der Waals surface area contributed by atoms with E-state index in [9.17, 15) is 18.8 Å². The molecule has 1 aliphatic rings. The summed E-state index contributed by atoms with van der Waals surface area (Å²) in [6.07, 6.45) is 1.96. The van der Waals surface area contributed by atoms with Gasteiger partial charge in [0.2, 0.25) is 5.91 Å². The zero-order valence-corrected chi connectivity index (χ0v) is 20.4. The fourth-order valence-electron chi connectivity index (χ4n) is 3.77. The highest BCUT2D eigenvalue weighted by molar-refractivity contribution is 8.01. The number of Topliss-reactive ketones (excluding diaryl/α,β-unsaturated/α-hetero) is 1. The number of halogens is 1. The Morgan fingerprint density at radius 2 is 1.66 bits per heavy atom. The van der Waals surface area contributed by atoms with Gasteiger partial charge >= 0.3 is 5.97 Å². The first kappa shape index (κ1) is 24.8. The van der Waals surface area contributed by atoms with Crippen molar-refractivity contribution in [3.8, 4) is 5.75 Å². The Labute approximate surface area is 210 Å². The number of carbonyl (C=O) groups is 3. The number of ketones is 1. The van der Waals surface area contributed by atoms with Crippen LogP contribution in [0.5, 0.6) is 5.75 Å².